The van der Waals surface area contributed by atoms with E-state index in [-0.39, 0.29) is 41.2 Å². The Morgan fingerprint density at radius 1 is 1.26 bits per heavy atom. The van der Waals surface area contributed by atoms with Gasteiger partial charge in [0.25, 0.3) is 0 Å². The van der Waals surface area contributed by atoms with E-state index in [4.69, 9.17) is 4.74 Å². The summed E-state index contributed by atoms with van der Waals surface area (Å²) in [5.41, 5.74) is 1.47. The van der Waals surface area contributed by atoms with Crippen molar-refractivity contribution in [3.8, 4) is 5.75 Å². The van der Waals surface area contributed by atoms with Crippen LogP contribution in [0.3, 0.4) is 0 Å². The summed E-state index contributed by atoms with van der Waals surface area (Å²) < 4.78 is 5.46. The largest absolute Gasteiger partial charge is 0.497 e. The molecule has 1 aliphatic carbocycles. The minimum absolute atomic E-state index is 0. The van der Waals surface area contributed by atoms with Crippen molar-refractivity contribution in [2.45, 2.75) is 63.8 Å². The summed E-state index contributed by atoms with van der Waals surface area (Å²) >= 11 is 0. The van der Waals surface area contributed by atoms with Crippen molar-refractivity contribution in [3.63, 3.8) is 0 Å². The van der Waals surface area contributed by atoms with Crippen LogP contribution in [0.4, 0.5) is 0 Å². The SMILES string of the molecule is CN=C(NCC1(c2cccc(OC)c2)CCCC1)NC1CCN(C(=O)C(C)C)CC1.I. The Labute approximate surface area is 204 Å². The van der Waals surface area contributed by atoms with Gasteiger partial charge < -0.3 is 20.3 Å². The Morgan fingerprint density at radius 2 is 1.94 bits per heavy atom. The molecule has 7 heteroatoms. The summed E-state index contributed by atoms with van der Waals surface area (Å²) in [6.07, 6.45) is 6.79. The first-order valence-electron chi connectivity index (χ1n) is 11.4. The molecule has 1 amide bonds. The molecule has 1 saturated heterocycles. The van der Waals surface area contributed by atoms with Crippen molar-refractivity contribution in [1.29, 1.82) is 0 Å². The first kappa shape index (κ1) is 25.7. The second-order valence-electron chi connectivity index (χ2n) is 9.04. The molecule has 2 aliphatic rings. The number of carbonyl (C=O) groups is 1. The first-order chi connectivity index (χ1) is 14.5. The highest BCUT2D eigenvalue weighted by molar-refractivity contribution is 14.0. The van der Waals surface area contributed by atoms with E-state index < -0.39 is 0 Å². The van der Waals surface area contributed by atoms with Crippen molar-refractivity contribution in [1.82, 2.24) is 15.5 Å². The number of piperidine rings is 1. The maximum Gasteiger partial charge on any atom is 0.225 e. The van der Waals surface area contributed by atoms with Crippen molar-refractivity contribution in [2.75, 3.05) is 33.8 Å². The highest BCUT2D eigenvalue weighted by Gasteiger charge is 2.36. The number of guanidine groups is 1. The zero-order valence-electron chi connectivity index (χ0n) is 19.4. The number of nitrogens with one attached hydrogen (secondary N) is 2. The van der Waals surface area contributed by atoms with Crippen molar-refractivity contribution in [2.24, 2.45) is 10.9 Å². The minimum Gasteiger partial charge on any atom is -0.497 e. The minimum atomic E-state index is 0. The van der Waals surface area contributed by atoms with Crippen LogP contribution in [0, 0.1) is 5.92 Å². The normalized spacial score (nSPS) is 19.1. The summed E-state index contributed by atoms with van der Waals surface area (Å²) in [6.45, 7) is 6.45. The monoisotopic (exact) mass is 542 g/mol. The zero-order chi connectivity index (χ0) is 21.6. The lowest BCUT2D eigenvalue weighted by Gasteiger charge is -2.35. The van der Waals surface area contributed by atoms with Gasteiger partial charge in [0, 0.05) is 44.1 Å². The lowest BCUT2D eigenvalue weighted by Crippen LogP contribution is -2.52. The number of methoxy groups -OCH3 is 1. The van der Waals surface area contributed by atoms with E-state index in [1.807, 2.05) is 31.9 Å². The Bertz CT molecular complexity index is 739. The summed E-state index contributed by atoms with van der Waals surface area (Å²) in [5.74, 6) is 2.11. The Kier molecular flexibility index (Phi) is 9.90. The van der Waals surface area contributed by atoms with Gasteiger partial charge in [-0.15, -0.1) is 24.0 Å². The number of halogens is 1. The molecule has 1 aliphatic heterocycles. The number of rotatable bonds is 6. The van der Waals surface area contributed by atoms with Crippen molar-refractivity contribution in [3.05, 3.63) is 29.8 Å². The molecule has 1 saturated carbocycles. The van der Waals surface area contributed by atoms with Gasteiger partial charge in [0.2, 0.25) is 5.91 Å². The topological polar surface area (TPSA) is 66.0 Å². The Balaban J connectivity index is 0.00000341. The number of aliphatic imine (C=N–C) groups is 1. The molecule has 2 N–H and O–H groups in total. The van der Waals surface area contributed by atoms with Crippen LogP contribution in [0.2, 0.25) is 0 Å². The third-order valence-electron chi connectivity index (χ3n) is 6.70. The molecule has 0 atom stereocenters. The molecular weight excluding hydrogens is 503 g/mol. The molecule has 31 heavy (non-hydrogen) atoms. The van der Waals surface area contributed by atoms with Gasteiger partial charge in [0.15, 0.2) is 5.96 Å². The highest BCUT2D eigenvalue weighted by Crippen LogP contribution is 2.41. The number of likely N-dealkylation sites (tertiary alicyclic amines) is 1. The lowest BCUT2D eigenvalue weighted by atomic mass is 9.78. The van der Waals surface area contributed by atoms with Crippen LogP contribution < -0.4 is 15.4 Å². The third-order valence-corrected chi connectivity index (χ3v) is 6.70. The summed E-state index contributed by atoms with van der Waals surface area (Å²) in [7, 11) is 3.56. The van der Waals surface area contributed by atoms with Gasteiger partial charge in [-0.25, -0.2) is 0 Å². The second kappa shape index (κ2) is 11.9. The fourth-order valence-electron chi connectivity index (χ4n) is 4.82. The first-order valence-corrected chi connectivity index (χ1v) is 11.4. The van der Waals surface area contributed by atoms with Gasteiger partial charge in [0.05, 0.1) is 7.11 Å². The van der Waals surface area contributed by atoms with Crippen LogP contribution in [0.1, 0.15) is 57.9 Å². The molecule has 1 aromatic carbocycles. The van der Waals surface area contributed by atoms with E-state index in [1.165, 1.54) is 31.2 Å². The van der Waals surface area contributed by atoms with Gasteiger partial charge in [0.1, 0.15) is 5.75 Å². The number of carbonyl (C=O) groups excluding carboxylic acids is 1. The fraction of sp³-hybridized carbons (Fsp3) is 0.667. The number of nitrogens with zero attached hydrogens (tertiary/aromatic N) is 2. The molecule has 0 radical (unpaired) electrons. The van der Waals surface area contributed by atoms with Crippen LogP contribution in [0.5, 0.6) is 5.75 Å². The molecule has 1 heterocycles. The van der Waals surface area contributed by atoms with Gasteiger partial charge >= 0.3 is 0 Å². The predicted octanol–water partition coefficient (Wildman–Crippen LogP) is 3.94. The smallest absolute Gasteiger partial charge is 0.225 e. The van der Waals surface area contributed by atoms with Gasteiger partial charge in [-0.1, -0.05) is 38.8 Å². The van der Waals surface area contributed by atoms with Crippen LogP contribution in [0.25, 0.3) is 0 Å². The molecule has 1 aromatic rings. The van der Waals surface area contributed by atoms with E-state index >= 15 is 0 Å². The van der Waals surface area contributed by atoms with Crippen LogP contribution >= 0.6 is 24.0 Å². The average molecular weight is 543 g/mol. The van der Waals surface area contributed by atoms with Crippen LogP contribution in [0.15, 0.2) is 29.3 Å². The standard InChI is InChI=1S/C24H38N4O2.HI/c1-18(2)22(29)28-14-10-20(11-15-28)27-23(25-3)26-17-24(12-5-6-13-24)19-8-7-9-21(16-19)30-4;/h7-9,16,18,20H,5-6,10-15,17H2,1-4H3,(H2,25,26,27);1H. The highest BCUT2D eigenvalue weighted by atomic mass is 127. The molecule has 2 fully saturated rings. The summed E-state index contributed by atoms with van der Waals surface area (Å²) in [5, 5.41) is 7.19. The van der Waals surface area contributed by atoms with Crippen LogP contribution in [-0.2, 0) is 10.2 Å². The fourth-order valence-corrected chi connectivity index (χ4v) is 4.82. The van der Waals surface area contributed by atoms with Crippen molar-refractivity contribution < 1.29 is 9.53 Å². The molecule has 0 spiro atoms. The molecule has 174 valence electrons. The van der Waals surface area contributed by atoms with Gasteiger partial charge in [-0.2, -0.15) is 0 Å². The maximum atomic E-state index is 12.2. The Hall–Kier alpha value is -1.51. The average Bonchev–Trinajstić information content (AvgIpc) is 3.26. The van der Waals surface area contributed by atoms with E-state index in [0.717, 1.165) is 44.2 Å². The van der Waals surface area contributed by atoms with E-state index in [0.29, 0.717) is 6.04 Å². The molecule has 0 bridgehead atoms. The van der Waals surface area contributed by atoms with E-state index in [2.05, 4.69) is 33.8 Å². The number of hydrogen-bond donors (Lipinski definition) is 2. The number of hydrogen-bond acceptors (Lipinski definition) is 3. The van der Waals surface area contributed by atoms with Crippen molar-refractivity contribution >= 4 is 35.8 Å². The van der Waals surface area contributed by atoms with Gasteiger partial charge in [-0.3, -0.25) is 9.79 Å². The molecular formula is C24H39IN4O2. The molecule has 0 unspecified atom stereocenters. The van der Waals surface area contributed by atoms with Gasteiger partial charge in [-0.05, 0) is 43.4 Å². The lowest BCUT2D eigenvalue weighted by molar-refractivity contribution is -0.135. The number of ether oxygens (including phenoxy) is 1. The quantitative estimate of drug-likeness (QED) is 0.325. The molecule has 0 aromatic heterocycles. The summed E-state index contributed by atoms with van der Waals surface area (Å²) in [4.78, 5) is 18.7. The zero-order valence-corrected chi connectivity index (χ0v) is 21.8. The summed E-state index contributed by atoms with van der Waals surface area (Å²) in [6, 6.07) is 8.87. The maximum absolute atomic E-state index is 12.2. The van der Waals surface area contributed by atoms with Crippen LogP contribution in [-0.4, -0.2) is 56.6 Å². The number of amides is 1. The van der Waals surface area contributed by atoms with E-state index in [9.17, 15) is 4.79 Å². The predicted molar refractivity (Wildman–Crippen MR) is 137 cm³/mol. The third kappa shape index (κ3) is 6.49. The van der Waals surface area contributed by atoms with E-state index in [1.54, 1.807) is 7.11 Å². The molecule has 3 rings (SSSR count). The second-order valence-corrected chi connectivity index (χ2v) is 9.04. The molecule has 6 nitrogen and oxygen atoms in total. The Morgan fingerprint density at radius 3 is 2.52 bits per heavy atom. The number of benzene rings is 1.